The summed E-state index contributed by atoms with van der Waals surface area (Å²) in [4.78, 5) is 37.9. The van der Waals surface area contributed by atoms with Crippen molar-refractivity contribution >= 4 is 35.0 Å². The summed E-state index contributed by atoms with van der Waals surface area (Å²) < 4.78 is 16.5. The first kappa shape index (κ1) is 23.4. The van der Waals surface area contributed by atoms with E-state index < -0.39 is 23.7 Å². The summed E-state index contributed by atoms with van der Waals surface area (Å²) in [6, 6.07) is 16.6. The Kier molecular flexibility index (Phi) is 8.33. The van der Waals surface area contributed by atoms with Gasteiger partial charge in [-0.2, -0.15) is 0 Å². The van der Waals surface area contributed by atoms with E-state index in [4.69, 9.17) is 14.2 Å². The average Bonchev–Trinajstić information content (AvgIpc) is 3.05. The van der Waals surface area contributed by atoms with Crippen LogP contribution < -0.4 is 9.47 Å². The molecule has 0 N–H and O–H groups in total. The van der Waals surface area contributed by atoms with Crippen molar-refractivity contribution in [2.24, 2.45) is 0 Å². The standard InChI is InChI=1S/C24H25NO6S/c1-3-17(2)31-22(26)16-25-23(27)21(32-24(25)28)15-18-8-7-11-20(14-18)30-13-12-29-19-9-5-4-6-10-19/h4-11,14-15,17H,3,12-13,16H2,1-2H3/b21-15+/t17-/m0/s1. The van der Waals surface area contributed by atoms with Crippen LogP contribution in [0.4, 0.5) is 4.79 Å². The molecule has 0 radical (unpaired) electrons. The molecule has 168 valence electrons. The van der Waals surface area contributed by atoms with Crippen LogP contribution in [0.2, 0.25) is 0 Å². The smallest absolute Gasteiger partial charge is 0.326 e. The average molecular weight is 456 g/mol. The van der Waals surface area contributed by atoms with Crippen molar-refractivity contribution < 1.29 is 28.6 Å². The van der Waals surface area contributed by atoms with Gasteiger partial charge in [0, 0.05) is 0 Å². The zero-order chi connectivity index (χ0) is 22.9. The molecule has 1 atom stereocenters. The van der Waals surface area contributed by atoms with Gasteiger partial charge in [0.2, 0.25) is 0 Å². The fraction of sp³-hybridized carbons (Fsp3) is 0.292. The van der Waals surface area contributed by atoms with E-state index in [1.165, 1.54) is 0 Å². The number of carbonyl (C=O) groups is 3. The Hall–Kier alpha value is -3.26. The number of imide groups is 1. The van der Waals surface area contributed by atoms with Crippen LogP contribution in [0.3, 0.4) is 0 Å². The van der Waals surface area contributed by atoms with Gasteiger partial charge in [0.1, 0.15) is 31.3 Å². The SMILES string of the molecule is CC[C@H](C)OC(=O)CN1C(=O)S/C(=C/c2cccc(OCCOc3ccccc3)c2)C1=O. The van der Waals surface area contributed by atoms with Crippen molar-refractivity contribution in [3.05, 3.63) is 65.1 Å². The Morgan fingerprint density at radius 3 is 2.44 bits per heavy atom. The van der Waals surface area contributed by atoms with Gasteiger partial charge in [-0.25, -0.2) is 0 Å². The number of carbonyl (C=O) groups excluding carboxylic acids is 3. The Labute approximate surface area is 191 Å². The third-order valence-corrected chi connectivity index (χ3v) is 5.50. The summed E-state index contributed by atoms with van der Waals surface area (Å²) >= 11 is 0.798. The number of rotatable bonds is 10. The lowest BCUT2D eigenvalue weighted by molar-refractivity contribution is -0.150. The second kappa shape index (κ2) is 11.4. The number of esters is 1. The van der Waals surface area contributed by atoms with Crippen LogP contribution >= 0.6 is 11.8 Å². The summed E-state index contributed by atoms with van der Waals surface area (Å²) in [5.41, 5.74) is 0.708. The lowest BCUT2D eigenvalue weighted by Gasteiger charge is -2.14. The molecule has 7 nitrogen and oxygen atoms in total. The van der Waals surface area contributed by atoms with Crippen molar-refractivity contribution in [1.82, 2.24) is 4.90 Å². The Bertz CT molecular complexity index is 991. The molecule has 1 saturated heterocycles. The van der Waals surface area contributed by atoms with E-state index in [1.54, 1.807) is 37.3 Å². The first-order chi connectivity index (χ1) is 15.5. The van der Waals surface area contributed by atoms with Crippen molar-refractivity contribution in [1.29, 1.82) is 0 Å². The van der Waals surface area contributed by atoms with Crippen LogP contribution in [0, 0.1) is 0 Å². The number of amides is 2. The molecular formula is C24H25NO6S. The molecule has 1 fully saturated rings. The molecule has 1 heterocycles. The third kappa shape index (κ3) is 6.62. The highest BCUT2D eigenvalue weighted by molar-refractivity contribution is 8.18. The number of thioether (sulfide) groups is 1. The van der Waals surface area contributed by atoms with Crippen LogP contribution in [-0.4, -0.2) is 47.9 Å². The molecule has 0 aromatic heterocycles. The van der Waals surface area contributed by atoms with E-state index in [1.807, 2.05) is 37.3 Å². The van der Waals surface area contributed by atoms with Crippen LogP contribution in [0.15, 0.2) is 59.5 Å². The molecular weight excluding hydrogens is 430 g/mol. The fourth-order valence-corrected chi connectivity index (χ4v) is 3.63. The molecule has 2 aromatic carbocycles. The highest BCUT2D eigenvalue weighted by atomic mass is 32.2. The van der Waals surface area contributed by atoms with Gasteiger partial charge in [0.05, 0.1) is 11.0 Å². The number of para-hydroxylation sites is 1. The first-order valence-electron chi connectivity index (χ1n) is 10.3. The lowest BCUT2D eigenvalue weighted by atomic mass is 10.2. The number of hydrogen-bond donors (Lipinski definition) is 0. The maximum absolute atomic E-state index is 12.6. The summed E-state index contributed by atoms with van der Waals surface area (Å²) in [6.07, 6.45) is 2.00. The van der Waals surface area contributed by atoms with Gasteiger partial charge in [-0.15, -0.1) is 0 Å². The van der Waals surface area contributed by atoms with Crippen molar-refractivity contribution in [2.45, 2.75) is 26.4 Å². The van der Waals surface area contributed by atoms with Crippen LogP contribution in [0.25, 0.3) is 6.08 Å². The summed E-state index contributed by atoms with van der Waals surface area (Å²) in [6.45, 7) is 3.99. The Balaban J connectivity index is 1.56. The van der Waals surface area contributed by atoms with E-state index in [0.717, 1.165) is 22.4 Å². The van der Waals surface area contributed by atoms with Gasteiger partial charge in [0.15, 0.2) is 0 Å². The van der Waals surface area contributed by atoms with Gasteiger partial charge in [-0.05, 0) is 61.0 Å². The minimum Gasteiger partial charge on any atom is -0.490 e. The van der Waals surface area contributed by atoms with Crippen molar-refractivity contribution in [3.8, 4) is 11.5 Å². The first-order valence-corrected chi connectivity index (χ1v) is 11.1. The third-order valence-electron chi connectivity index (χ3n) is 4.59. The topological polar surface area (TPSA) is 82.1 Å². The van der Waals surface area contributed by atoms with Crippen LogP contribution in [0.1, 0.15) is 25.8 Å². The van der Waals surface area contributed by atoms with Gasteiger partial charge in [-0.1, -0.05) is 37.3 Å². The van der Waals surface area contributed by atoms with Gasteiger partial charge in [-0.3, -0.25) is 19.3 Å². The van der Waals surface area contributed by atoms with E-state index in [9.17, 15) is 14.4 Å². The second-order valence-corrected chi connectivity index (χ2v) is 8.05. The minimum atomic E-state index is -0.601. The Morgan fingerprint density at radius 1 is 1.03 bits per heavy atom. The molecule has 8 heteroatoms. The molecule has 3 rings (SSSR count). The maximum Gasteiger partial charge on any atom is 0.326 e. The molecule has 1 aliphatic rings. The Morgan fingerprint density at radius 2 is 1.72 bits per heavy atom. The molecule has 0 spiro atoms. The van der Waals surface area contributed by atoms with E-state index >= 15 is 0 Å². The highest BCUT2D eigenvalue weighted by Crippen LogP contribution is 2.32. The number of ether oxygens (including phenoxy) is 3. The molecule has 0 bridgehead atoms. The molecule has 0 unspecified atom stereocenters. The normalized spacial score (nSPS) is 15.7. The predicted octanol–water partition coefficient (Wildman–Crippen LogP) is 4.52. The predicted molar refractivity (Wildman–Crippen MR) is 122 cm³/mol. The minimum absolute atomic E-state index is 0.246. The summed E-state index contributed by atoms with van der Waals surface area (Å²) in [7, 11) is 0. The van der Waals surface area contributed by atoms with E-state index in [2.05, 4.69) is 0 Å². The number of nitrogens with zero attached hydrogens (tertiary/aromatic N) is 1. The van der Waals surface area contributed by atoms with E-state index in [0.29, 0.717) is 30.9 Å². The largest absolute Gasteiger partial charge is 0.490 e. The molecule has 1 aliphatic heterocycles. The molecule has 2 aromatic rings. The van der Waals surface area contributed by atoms with Gasteiger partial charge >= 0.3 is 5.97 Å². The zero-order valence-electron chi connectivity index (χ0n) is 18.0. The zero-order valence-corrected chi connectivity index (χ0v) is 18.8. The molecule has 32 heavy (non-hydrogen) atoms. The quantitative estimate of drug-likeness (QED) is 0.296. The highest BCUT2D eigenvalue weighted by Gasteiger charge is 2.36. The maximum atomic E-state index is 12.6. The van der Waals surface area contributed by atoms with Crippen molar-refractivity contribution in [2.75, 3.05) is 19.8 Å². The van der Waals surface area contributed by atoms with E-state index in [-0.39, 0.29) is 11.0 Å². The lowest BCUT2D eigenvalue weighted by Crippen LogP contribution is -2.35. The monoisotopic (exact) mass is 455 g/mol. The second-order valence-electron chi connectivity index (χ2n) is 7.06. The fourth-order valence-electron chi connectivity index (χ4n) is 2.79. The van der Waals surface area contributed by atoms with Crippen LogP contribution in [0.5, 0.6) is 11.5 Å². The molecule has 0 saturated carbocycles. The molecule has 2 amide bonds. The number of benzene rings is 2. The van der Waals surface area contributed by atoms with Crippen molar-refractivity contribution in [3.63, 3.8) is 0 Å². The molecule has 0 aliphatic carbocycles. The summed E-state index contributed by atoms with van der Waals surface area (Å²) in [5.74, 6) is 0.278. The summed E-state index contributed by atoms with van der Waals surface area (Å²) in [5, 5.41) is -0.493. The van der Waals surface area contributed by atoms with Gasteiger partial charge in [0.25, 0.3) is 11.1 Å². The van der Waals surface area contributed by atoms with Crippen LogP contribution in [-0.2, 0) is 14.3 Å². The van der Waals surface area contributed by atoms with Gasteiger partial charge < -0.3 is 14.2 Å². The number of hydrogen-bond acceptors (Lipinski definition) is 7.